The summed E-state index contributed by atoms with van der Waals surface area (Å²) < 4.78 is 6.15. The summed E-state index contributed by atoms with van der Waals surface area (Å²) in [5.41, 5.74) is 3.38. The second-order valence-corrected chi connectivity index (χ2v) is 9.20. The molecular weight excluding hydrogens is 388 g/mol. The molecule has 4 rings (SSSR count). The molecule has 31 heavy (non-hydrogen) atoms. The van der Waals surface area contributed by atoms with Gasteiger partial charge in [0, 0.05) is 25.9 Å². The van der Waals surface area contributed by atoms with Gasteiger partial charge in [0.25, 0.3) is 0 Å². The minimum Gasteiger partial charge on any atom is -0.367 e. The normalized spacial score (nSPS) is 23.5. The molecule has 164 valence electrons. The topological polar surface area (TPSA) is 49.9 Å². The van der Waals surface area contributed by atoms with Crippen LogP contribution in [0.3, 0.4) is 0 Å². The smallest absolute Gasteiger partial charge is 0.245 e. The molecular formula is C26H32N2O3. The number of rotatable bonds is 4. The first-order chi connectivity index (χ1) is 14.9. The van der Waals surface area contributed by atoms with Crippen LogP contribution in [0.4, 0.5) is 0 Å². The van der Waals surface area contributed by atoms with E-state index in [0.29, 0.717) is 32.5 Å². The van der Waals surface area contributed by atoms with Gasteiger partial charge >= 0.3 is 0 Å². The van der Waals surface area contributed by atoms with Gasteiger partial charge in [0.05, 0.1) is 12.6 Å². The summed E-state index contributed by atoms with van der Waals surface area (Å²) in [5, 5.41) is 0. The summed E-state index contributed by atoms with van der Waals surface area (Å²) in [6, 6.07) is 17.8. The van der Waals surface area contributed by atoms with Crippen LogP contribution in [0.5, 0.6) is 0 Å². The summed E-state index contributed by atoms with van der Waals surface area (Å²) >= 11 is 0. The van der Waals surface area contributed by atoms with Crippen molar-refractivity contribution >= 4 is 11.8 Å². The lowest BCUT2D eigenvalue weighted by molar-refractivity contribution is -0.156. The second-order valence-electron chi connectivity index (χ2n) is 9.20. The molecule has 0 bridgehead atoms. The molecule has 3 atom stereocenters. The van der Waals surface area contributed by atoms with Gasteiger partial charge in [-0.3, -0.25) is 9.59 Å². The molecule has 2 amide bonds. The summed E-state index contributed by atoms with van der Waals surface area (Å²) in [7, 11) is 0. The fourth-order valence-corrected chi connectivity index (χ4v) is 4.67. The number of amides is 2. The van der Waals surface area contributed by atoms with Gasteiger partial charge in [-0.25, -0.2) is 0 Å². The Kier molecular flexibility index (Phi) is 6.42. The van der Waals surface area contributed by atoms with Crippen molar-refractivity contribution in [2.24, 2.45) is 5.92 Å². The number of hydrogen-bond acceptors (Lipinski definition) is 3. The van der Waals surface area contributed by atoms with E-state index in [1.165, 1.54) is 0 Å². The number of benzene rings is 2. The van der Waals surface area contributed by atoms with Crippen LogP contribution in [-0.2, 0) is 27.3 Å². The summed E-state index contributed by atoms with van der Waals surface area (Å²) in [5.74, 6) is 0.345. The molecule has 2 heterocycles. The van der Waals surface area contributed by atoms with E-state index in [0.717, 1.165) is 16.7 Å². The number of nitrogens with zero attached hydrogens (tertiary/aromatic N) is 2. The highest BCUT2D eigenvalue weighted by Crippen LogP contribution is 2.29. The van der Waals surface area contributed by atoms with Gasteiger partial charge < -0.3 is 14.5 Å². The van der Waals surface area contributed by atoms with Gasteiger partial charge in [-0.05, 0) is 29.5 Å². The maximum Gasteiger partial charge on any atom is 0.245 e. The van der Waals surface area contributed by atoms with Crippen molar-refractivity contribution in [1.82, 2.24) is 9.80 Å². The van der Waals surface area contributed by atoms with Crippen LogP contribution in [0.25, 0.3) is 0 Å². The molecule has 5 heteroatoms. The summed E-state index contributed by atoms with van der Waals surface area (Å²) in [6.07, 6.45) is 0.821. The summed E-state index contributed by atoms with van der Waals surface area (Å²) in [6.45, 7) is 7.65. The second kappa shape index (κ2) is 9.23. The van der Waals surface area contributed by atoms with E-state index >= 15 is 0 Å². The number of carbonyl (C=O) groups excluding carboxylic acids is 2. The zero-order chi connectivity index (χ0) is 22.0. The Morgan fingerprint density at radius 1 is 1.00 bits per heavy atom. The molecule has 2 aliphatic rings. The Morgan fingerprint density at radius 2 is 1.68 bits per heavy atom. The molecule has 5 nitrogen and oxygen atoms in total. The van der Waals surface area contributed by atoms with Crippen molar-refractivity contribution < 1.29 is 14.3 Å². The number of carbonyl (C=O) groups is 2. The predicted octanol–water partition coefficient (Wildman–Crippen LogP) is 3.97. The van der Waals surface area contributed by atoms with E-state index in [-0.39, 0.29) is 29.9 Å². The maximum atomic E-state index is 13.8. The quantitative estimate of drug-likeness (QED) is 0.752. The van der Waals surface area contributed by atoms with Gasteiger partial charge in [0.1, 0.15) is 12.1 Å². The van der Waals surface area contributed by atoms with Gasteiger partial charge in [-0.15, -0.1) is 0 Å². The molecule has 3 unspecified atom stereocenters. The Morgan fingerprint density at radius 3 is 2.39 bits per heavy atom. The molecule has 0 saturated carbocycles. The number of morpholine rings is 1. The van der Waals surface area contributed by atoms with Crippen molar-refractivity contribution in [2.75, 3.05) is 13.1 Å². The highest BCUT2D eigenvalue weighted by Gasteiger charge is 2.39. The van der Waals surface area contributed by atoms with Crippen LogP contribution in [0.15, 0.2) is 54.6 Å². The third kappa shape index (κ3) is 4.82. The Labute approximate surface area is 185 Å². The standard InChI is InChI=1S/C26H32N2O3/c1-18(2)13-25(29)28-16-22-12-8-7-11-21(22)14-23(28)26(30)27-15-19(3)31-24(17-27)20-9-5-4-6-10-20/h4-12,18-19,23-24H,13-17H2,1-3H3. The molecule has 0 N–H and O–H groups in total. The average molecular weight is 421 g/mol. The minimum absolute atomic E-state index is 0.0303. The fourth-order valence-electron chi connectivity index (χ4n) is 4.67. The molecule has 1 fully saturated rings. The predicted molar refractivity (Wildman–Crippen MR) is 120 cm³/mol. The zero-order valence-electron chi connectivity index (χ0n) is 18.7. The van der Waals surface area contributed by atoms with Crippen molar-refractivity contribution in [3.05, 3.63) is 71.3 Å². The van der Waals surface area contributed by atoms with E-state index in [1.807, 2.05) is 73.0 Å². The first-order valence-electron chi connectivity index (χ1n) is 11.3. The SMILES string of the molecule is CC(C)CC(=O)N1Cc2ccccc2CC1C(=O)N1CC(C)OC(c2ccccc2)C1. The van der Waals surface area contributed by atoms with Crippen LogP contribution in [0.2, 0.25) is 0 Å². The van der Waals surface area contributed by atoms with E-state index < -0.39 is 6.04 Å². The Balaban J connectivity index is 1.58. The van der Waals surface area contributed by atoms with Crippen LogP contribution in [0.1, 0.15) is 50.0 Å². The van der Waals surface area contributed by atoms with Crippen LogP contribution in [0, 0.1) is 5.92 Å². The molecule has 2 aromatic carbocycles. The minimum atomic E-state index is -0.456. The van der Waals surface area contributed by atoms with Crippen molar-refractivity contribution in [1.29, 1.82) is 0 Å². The van der Waals surface area contributed by atoms with Gasteiger partial charge in [-0.2, -0.15) is 0 Å². The van der Waals surface area contributed by atoms with E-state index in [2.05, 4.69) is 12.1 Å². The fraction of sp³-hybridized carbons (Fsp3) is 0.462. The maximum absolute atomic E-state index is 13.8. The number of hydrogen-bond donors (Lipinski definition) is 0. The van der Waals surface area contributed by atoms with Gasteiger partial charge in [-0.1, -0.05) is 68.4 Å². The first kappa shape index (κ1) is 21.6. The lowest BCUT2D eigenvalue weighted by Crippen LogP contribution is -2.57. The average Bonchev–Trinajstić information content (AvgIpc) is 2.77. The zero-order valence-corrected chi connectivity index (χ0v) is 18.7. The van der Waals surface area contributed by atoms with Crippen molar-refractivity contribution in [3.63, 3.8) is 0 Å². The highest BCUT2D eigenvalue weighted by atomic mass is 16.5. The molecule has 0 radical (unpaired) electrons. The van der Waals surface area contributed by atoms with Crippen molar-refractivity contribution in [3.8, 4) is 0 Å². The van der Waals surface area contributed by atoms with Crippen LogP contribution >= 0.6 is 0 Å². The van der Waals surface area contributed by atoms with E-state index in [4.69, 9.17) is 4.74 Å². The lowest BCUT2D eigenvalue weighted by Gasteiger charge is -2.42. The first-order valence-corrected chi connectivity index (χ1v) is 11.3. The monoisotopic (exact) mass is 420 g/mol. The largest absolute Gasteiger partial charge is 0.367 e. The van der Waals surface area contributed by atoms with Crippen molar-refractivity contribution in [2.45, 2.75) is 58.4 Å². The number of ether oxygens (including phenoxy) is 1. The third-order valence-corrected chi connectivity index (χ3v) is 6.18. The lowest BCUT2D eigenvalue weighted by atomic mass is 9.92. The molecule has 2 aromatic rings. The molecule has 1 saturated heterocycles. The van der Waals surface area contributed by atoms with Crippen LogP contribution in [-0.4, -0.2) is 46.8 Å². The van der Waals surface area contributed by atoms with Crippen LogP contribution < -0.4 is 0 Å². The number of fused-ring (bicyclic) bond motifs is 1. The highest BCUT2D eigenvalue weighted by molar-refractivity contribution is 5.88. The molecule has 0 aliphatic carbocycles. The summed E-state index contributed by atoms with van der Waals surface area (Å²) in [4.78, 5) is 30.6. The molecule has 0 aromatic heterocycles. The Bertz CT molecular complexity index is 927. The van der Waals surface area contributed by atoms with Gasteiger partial charge in [0.15, 0.2) is 0 Å². The van der Waals surface area contributed by atoms with Gasteiger partial charge in [0.2, 0.25) is 11.8 Å². The van der Waals surface area contributed by atoms with E-state index in [9.17, 15) is 9.59 Å². The van der Waals surface area contributed by atoms with E-state index in [1.54, 1.807) is 0 Å². The Hall–Kier alpha value is -2.66. The molecule has 2 aliphatic heterocycles. The third-order valence-electron chi connectivity index (χ3n) is 6.18. The molecule has 0 spiro atoms.